The van der Waals surface area contributed by atoms with E-state index in [0.29, 0.717) is 12.5 Å². The Hall–Kier alpha value is -1.09. The minimum atomic E-state index is -0.339. The summed E-state index contributed by atoms with van der Waals surface area (Å²) in [6.45, 7) is 5.79. The second kappa shape index (κ2) is 4.96. The van der Waals surface area contributed by atoms with E-state index in [0.717, 1.165) is 12.1 Å². The van der Waals surface area contributed by atoms with Crippen LogP contribution < -0.4 is 11.1 Å². The normalized spacial score (nSPS) is 10.9. The van der Waals surface area contributed by atoms with Crippen LogP contribution in [0.15, 0.2) is 18.2 Å². The largest absolute Gasteiger partial charge is 0.396 e. The van der Waals surface area contributed by atoms with Crippen molar-refractivity contribution in [1.29, 1.82) is 0 Å². The van der Waals surface area contributed by atoms with Gasteiger partial charge in [0.2, 0.25) is 0 Å². The molecule has 0 saturated heterocycles. The highest BCUT2D eigenvalue weighted by Gasteiger charge is 2.03. The fourth-order valence-electron chi connectivity index (χ4n) is 1.23. The number of para-hydroxylation sites is 1. The Labute approximate surface area is 84.3 Å². The summed E-state index contributed by atoms with van der Waals surface area (Å²) >= 11 is 0. The van der Waals surface area contributed by atoms with Gasteiger partial charge in [0.25, 0.3) is 0 Å². The summed E-state index contributed by atoms with van der Waals surface area (Å²) in [5.74, 6) is 0.249. The summed E-state index contributed by atoms with van der Waals surface area (Å²) in [4.78, 5) is 0. The Morgan fingerprint density at radius 1 is 1.43 bits per heavy atom. The monoisotopic (exact) mass is 196 g/mol. The van der Waals surface area contributed by atoms with Crippen LogP contribution in [0.3, 0.4) is 0 Å². The molecule has 0 fully saturated rings. The molecule has 3 heteroatoms. The highest BCUT2D eigenvalue weighted by atomic mass is 19.1. The van der Waals surface area contributed by atoms with Crippen molar-refractivity contribution in [2.75, 3.05) is 12.3 Å². The number of hydrogen-bond acceptors (Lipinski definition) is 2. The fourth-order valence-corrected chi connectivity index (χ4v) is 1.23. The molecule has 0 radical (unpaired) electrons. The molecule has 0 saturated carbocycles. The molecule has 1 aromatic carbocycles. The Morgan fingerprint density at radius 3 is 2.79 bits per heavy atom. The van der Waals surface area contributed by atoms with Crippen LogP contribution in [-0.4, -0.2) is 6.54 Å². The number of nitrogens with one attached hydrogen (secondary N) is 1. The molecule has 2 nitrogen and oxygen atoms in total. The molecule has 0 aliphatic heterocycles. The first-order valence-corrected chi connectivity index (χ1v) is 4.85. The Balaban J connectivity index is 2.54. The van der Waals surface area contributed by atoms with Crippen LogP contribution in [0.4, 0.5) is 10.1 Å². The third kappa shape index (κ3) is 3.00. The molecule has 0 atom stereocenters. The number of rotatable bonds is 4. The summed E-state index contributed by atoms with van der Waals surface area (Å²) in [7, 11) is 0. The van der Waals surface area contributed by atoms with Crippen LogP contribution >= 0.6 is 0 Å². The Kier molecular flexibility index (Phi) is 3.89. The number of nitrogens with two attached hydrogens (primary N) is 1. The SMILES string of the molecule is CC(C)CNCc1cccc(F)c1N. The quantitative estimate of drug-likeness (QED) is 0.724. The molecule has 0 spiro atoms. The van der Waals surface area contributed by atoms with E-state index in [1.807, 2.05) is 6.07 Å². The number of halogens is 1. The number of benzene rings is 1. The Bertz CT molecular complexity index is 297. The lowest BCUT2D eigenvalue weighted by atomic mass is 10.1. The number of nitrogen functional groups attached to an aromatic ring is 1. The summed E-state index contributed by atoms with van der Waals surface area (Å²) in [6, 6.07) is 4.89. The van der Waals surface area contributed by atoms with Gasteiger partial charge in [-0.25, -0.2) is 4.39 Å². The summed E-state index contributed by atoms with van der Waals surface area (Å²) in [5.41, 5.74) is 6.66. The zero-order chi connectivity index (χ0) is 10.6. The van der Waals surface area contributed by atoms with Crippen molar-refractivity contribution < 1.29 is 4.39 Å². The molecule has 1 aromatic rings. The second-order valence-electron chi connectivity index (χ2n) is 3.84. The zero-order valence-electron chi connectivity index (χ0n) is 8.68. The van der Waals surface area contributed by atoms with Crippen LogP contribution in [0.1, 0.15) is 19.4 Å². The molecule has 0 aromatic heterocycles. The molecular formula is C11H17FN2. The first kappa shape index (κ1) is 11.0. The average molecular weight is 196 g/mol. The van der Waals surface area contributed by atoms with Gasteiger partial charge in [-0.05, 0) is 24.1 Å². The van der Waals surface area contributed by atoms with E-state index < -0.39 is 0 Å². The lowest BCUT2D eigenvalue weighted by Crippen LogP contribution is -2.19. The molecule has 14 heavy (non-hydrogen) atoms. The van der Waals surface area contributed by atoms with Gasteiger partial charge in [0, 0.05) is 6.54 Å². The van der Waals surface area contributed by atoms with E-state index in [4.69, 9.17) is 5.73 Å². The van der Waals surface area contributed by atoms with Gasteiger partial charge in [0.15, 0.2) is 0 Å². The fraction of sp³-hybridized carbons (Fsp3) is 0.455. The van der Waals surface area contributed by atoms with Crippen molar-refractivity contribution in [2.45, 2.75) is 20.4 Å². The summed E-state index contributed by atoms with van der Waals surface area (Å²) in [6.07, 6.45) is 0. The van der Waals surface area contributed by atoms with E-state index in [9.17, 15) is 4.39 Å². The zero-order valence-corrected chi connectivity index (χ0v) is 8.68. The minimum absolute atomic E-state index is 0.253. The van der Waals surface area contributed by atoms with E-state index in [2.05, 4.69) is 19.2 Å². The average Bonchev–Trinajstić information content (AvgIpc) is 2.12. The van der Waals surface area contributed by atoms with E-state index in [-0.39, 0.29) is 11.5 Å². The van der Waals surface area contributed by atoms with Crippen LogP contribution in [0.5, 0.6) is 0 Å². The van der Waals surface area contributed by atoms with Crippen LogP contribution in [-0.2, 0) is 6.54 Å². The molecule has 1 rings (SSSR count). The van der Waals surface area contributed by atoms with Crippen molar-refractivity contribution in [3.63, 3.8) is 0 Å². The Morgan fingerprint density at radius 2 is 2.14 bits per heavy atom. The van der Waals surface area contributed by atoms with Crippen molar-refractivity contribution in [2.24, 2.45) is 5.92 Å². The van der Waals surface area contributed by atoms with Gasteiger partial charge in [-0.1, -0.05) is 26.0 Å². The second-order valence-corrected chi connectivity index (χ2v) is 3.84. The first-order chi connectivity index (χ1) is 6.61. The lowest BCUT2D eigenvalue weighted by molar-refractivity contribution is 0.551. The third-order valence-corrected chi connectivity index (χ3v) is 2.01. The van der Waals surface area contributed by atoms with Crippen molar-refractivity contribution >= 4 is 5.69 Å². The van der Waals surface area contributed by atoms with E-state index in [1.54, 1.807) is 6.07 Å². The first-order valence-electron chi connectivity index (χ1n) is 4.85. The van der Waals surface area contributed by atoms with E-state index >= 15 is 0 Å². The predicted octanol–water partition coefficient (Wildman–Crippen LogP) is 2.15. The van der Waals surface area contributed by atoms with Crippen molar-refractivity contribution in [3.8, 4) is 0 Å². The maximum absolute atomic E-state index is 13.0. The standard InChI is InChI=1S/C11H17FN2/c1-8(2)6-14-7-9-4-3-5-10(12)11(9)13/h3-5,8,14H,6-7,13H2,1-2H3. The number of hydrogen-bond donors (Lipinski definition) is 2. The van der Waals surface area contributed by atoms with Gasteiger partial charge in [0.05, 0.1) is 5.69 Å². The van der Waals surface area contributed by atoms with Crippen LogP contribution in [0.2, 0.25) is 0 Å². The maximum atomic E-state index is 13.0. The molecular weight excluding hydrogens is 179 g/mol. The molecule has 3 N–H and O–H groups in total. The highest BCUT2D eigenvalue weighted by Crippen LogP contribution is 2.15. The molecule has 0 bridgehead atoms. The smallest absolute Gasteiger partial charge is 0.146 e. The number of anilines is 1. The molecule has 0 heterocycles. The molecule has 0 unspecified atom stereocenters. The minimum Gasteiger partial charge on any atom is -0.396 e. The van der Waals surface area contributed by atoms with Gasteiger partial charge < -0.3 is 11.1 Å². The maximum Gasteiger partial charge on any atom is 0.146 e. The molecule has 0 amide bonds. The molecule has 78 valence electrons. The third-order valence-electron chi connectivity index (χ3n) is 2.01. The predicted molar refractivity (Wildman–Crippen MR) is 57.4 cm³/mol. The van der Waals surface area contributed by atoms with Crippen LogP contribution in [0.25, 0.3) is 0 Å². The summed E-state index contributed by atoms with van der Waals surface area (Å²) < 4.78 is 13.0. The van der Waals surface area contributed by atoms with Gasteiger partial charge in [-0.2, -0.15) is 0 Å². The van der Waals surface area contributed by atoms with Gasteiger partial charge in [-0.15, -0.1) is 0 Å². The highest BCUT2D eigenvalue weighted by molar-refractivity contribution is 5.47. The van der Waals surface area contributed by atoms with Crippen LogP contribution in [0, 0.1) is 11.7 Å². The molecule has 0 aliphatic carbocycles. The van der Waals surface area contributed by atoms with E-state index in [1.165, 1.54) is 6.07 Å². The van der Waals surface area contributed by atoms with Gasteiger partial charge in [-0.3, -0.25) is 0 Å². The van der Waals surface area contributed by atoms with Crippen molar-refractivity contribution in [3.05, 3.63) is 29.6 Å². The topological polar surface area (TPSA) is 38.0 Å². The summed E-state index contributed by atoms with van der Waals surface area (Å²) in [5, 5.41) is 3.22. The lowest BCUT2D eigenvalue weighted by Gasteiger charge is -2.09. The van der Waals surface area contributed by atoms with Gasteiger partial charge >= 0.3 is 0 Å². The van der Waals surface area contributed by atoms with Crippen molar-refractivity contribution in [1.82, 2.24) is 5.32 Å². The van der Waals surface area contributed by atoms with Gasteiger partial charge in [0.1, 0.15) is 5.82 Å². The molecule has 0 aliphatic rings.